The van der Waals surface area contributed by atoms with E-state index in [-0.39, 0.29) is 5.54 Å². The van der Waals surface area contributed by atoms with E-state index in [2.05, 4.69) is 26.1 Å². The molecule has 1 rings (SSSR count). The minimum absolute atomic E-state index is 0.0659. The van der Waals surface area contributed by atoms with Crippen molar-refractivity contribution in [2.75, 3.05) is 27.4 Å². The van der Waals surface area contributed by atoms with Gasteiger partial charge in [0.15, 0.2) is 0 Å². The van der Waals surface area contributed by atoms with Crippen LogP contribution in [0.3, 0.4) is 0 Å². The summed E-state index contributed by atoms with van der Waals surface area (Å²) in [5.41, 5.74) is 1.17. The molecule has 0 radical (unpaired) electrons. The molecular weight excluding hydrogens is 254 g/mol. The van der Waals surface area contributed by atoms with E-state index in [1.165, 1.54) is 0 Å². The van der Waals surface area contributed by atoms with Gasteiger partial charge < -0.3 is 19.5 Å². The van der Waals surface area contributed by atoms with Crippen LogP contribution >= 0.6 is 0 Å². The molecule has 114 valence electrons. The molecule has 0 heterocycles. The summed E-state index contributed by atoms with van der Waals surface area (Å²) in [6.07, 6.45) is 0.884. The van der Waals surface area contributed by atoms with Crippen molar-refractivity contribution >= 4 is 0 Å². The number of hydrogen-bond donors (Lipinski definition) is 1. The van der Waals surface area contributed by atoms with Crippen LogP contribution in [0.4, 0.5) is 0 Å². The monoisotopic (exact) mass is 281 g/mol. The molecule has 0 saturated carbocycles. The van der Waals surface area contributed by atoms with Crippen LogP contribution in [0.25, 0.3) is 0 Å². The zero-order valence-corrected chi connectivity index (χ0v) is 13.3. The number of hydrogen-bond acceptors (Lipinski definition) is 4. The summed E-state index contributed by atoms with van der Waals surface area (Å²) < 4.78 is 16.1. The first-order valence-corrected chi connectivity index (χ1v) is 7.00. The molecule has 4 nitrogen and oxygen atoms in total. The first-order valence-electron chi connectivity index (χ1n) is 7.00. The van der Waals surface area contributed by atoms with Gasteiger partial charge in [0.2, 0.25) is 0 Å². The Morgan fingerprint density at radius 2 is 1.85 bits per heavy atom. The summed E-state index contributed by atoms with van der Waals surface area (Å²) in [5.74, 6) is 1.75. The Balaban J connectivity index is 2.70. The van der Waals surface area contributed by atoms with E-state index in [0.717, 1.165) is 30.0 Å². The smallest absolute Gasteiger partial charge is 0.124 e. The third-order valence-corrected chi connectivity index (χ3v) is 2.83. The third-order valence-electron chi connectivity index (χ3n) is 2.83. The van der Waals surface area contributed by atoms with Gasteiger partial charge in [-0.05, 0) is 39.0 Å². The van der Waals surface area contributed by atoms with Crippen LogP contribution in [-0.2, 0) is 11.3 Å². The van der Waals surface area contributed by atoms with Gasteiger partial charge in [-0.1, -0.05) is 0 Å². The van der Waals surface area contributed by atoms with E-state index in [4.69, 9.17) is 14.2 Å². The van der Waals surface area contributed by atoms with Crippen LogP contribution in [-0.4, -0.2) is 33.0 Å². The van der Waals surface area contributed by atoms with Crippen molar-refractivity contribution in [3.63, 3.8) is 0 Å². The van der Waals surface area contributed by atoms with Gasteiger partial charge in [0.25, 0.3) is 0 Å². The second-order valence-electron chi connectivity index (χ2n) is 5.77. The van der Waals surface area contributed by atoms with Gasteiger partial charge >= 0.3 is 0 Å². The van der Waals surface area contributed by atoms with Crippen molar-refractivity contribution < 1.29 is 14.2 Å². The predicted octanol–water partition coefficient (Wildman–Crippen LogP) is 3.00. The quantitative estimate of drug-likeness (QED) is 0.744. The lowest BCUT2D eigenvalue weighted by Gasteiger charge is -2.22. The third kappa shape index (κ3) is 6.26. The molecule has 0 spiro atoms. The van der Waals surface area contributed by atoms with Gasteiger partial charge in [-0.3, -0.25) is 0 Å². The molecule has 1 aromatic rings. The maximum atomic E-state index is 5.83. The van der Waals surface area contributed by atoms with Crippen molar-refractivity contribution in [2.24, 2.45) is 0 Å². The molecule has 0 aromatic heterocycles. The van der Waals surface area contributed by atoms with Gasteiger partial charge in [0.1, 0.15) is 11.5 Å². The highest BCUT2D eigenvalue weighted by Gasteiger charge is 2.12. The molecule has 20 heavy (non-hydrogen) atoms. The number of ether oxygens (including phenoxy) is 3. The van der Waals surface area contributed by atoms with Crippen LogP contribution in [0, 0.1) is 0 Å². The zero-order chi connectivity index (χ0) is 15.0. The number of methoxy groups -OCH3 is 2. The van der Waals surface area contributed by atoms with Gasteiger partial charge in [-0.2, -0.15) is 0 Å². The molecule has 0 aliphatic rings. The highest BCUT2D eigenvalue weighted by Crippen LogP contribution is 2.25. The fourth-order valence-corrected chi connectivity index (χ4v) is 1.71. The van der Waals surface area contributed by atoms with Gasteiger partial charge in [0, 0.05) is 37.8 Å². The number of nitrogens with one attached hydrogen (secondary N) is 1. The van der Waals surface area contributed by atoms with E-state index in [9.17, 15) is 0 Å². The lowest BCUT2D eigenvalue weighted by atomic mass is 10.1. The van der Waals surface area contributed by atoms with Crippen LogP contribution in [0.15, 0.2) is 18.2 Å². The second kappa shape index (κ2) is 8.12. The normalized spacial score (nSPS) is 11.4. The SMILES string of the molecule is COCCCOc1ccc(OC)cc1CNC(C)(C)C. The van der Waals surface area contributed by atoms with Crippen molar-refractivity contribution in [3.8, 4) is 11.5 Å². The Kier molecular flexibility index (Phi) is 6.82. The van der Waals surface area contributed by atoms with Gasteiger partial charge in [-0.25, -0.2) is 0 Å². The van der Waals surface area contributed by atoms with Crippen LogP contribution in [0.1, 0.15) is 32.8 Å². The molecule has 1 aromatic carbocycles. The number of rotatable bonds is 8. The van der Waals surface area contributed by atoms with Gasteiger partial charge in [-0.15, -0.1) is 0 Å². The standard InChI is InChI=1S/C16H27NO3/c1-16(2,3)17-12-13-11-14(19-5)7-8-15(13)20-10-6-9-18-4/h7-8,11,17H,6,9-10,12H2,1-5H3. The largest absolute Gasteiger partial charge is 0.497 e. The highest BCUT2D eigenvalue weighted by atomic mass is 16.5. The predicted molar refractivity (Wildman–Crippen MR) is 81.6 cm³/mol. The van der Waals surface area contributed by atoms with Crippen molar-refractivity contribution in [1.29, 1.82) is 0 Å². The Bertz CT molecular complexity index is 399. The molecule has 0 aliphatic carbocycles. The molecule has 4 heteroatoms. The average molecular weight is 281 g/mol. The fraction of sp³-hybridized carbons (Fsp3) is 0.625. The molecule has 0 unspecified atom stereocenters. The van der Waals surface area contributed by atoms with Crippen LogP contribution < -0.4 is 14.8 Å². The topological polar surface area (TPSA) is 39.7 Å². The molecule has 0 amide bonds. The summed E-state index contributed by atoms with van der Waals surface area (Å²) in [6, 6.07) is 5.90. The van der Waals surface area contributed by atoms with E-state index in [0.29, 0.717) is 13.2 Å². The Morgan fingerprint density at radius 3 is 2.45 bits per heavy atom. The van der Waals surface area contributed by atoms with E-state index in [1.807, 2.05) is 18.2 Å². The molecule has 0 saturated heterocycles. The minimum atomic E-state index is 0.0659. The second-order valence-corrected chi connectivity index (χ2v) is 5.77. The van der Waals surface area contributed by atoms with E-state index < -0.39 is 0 Å². The first kappa shape index (κ1) is 16.8. The lowest BCUT2D eigenvalue weighted by molar-refractivity contribution is 0.171. The average Bonchev–Trinajstić information content (AvgIpc) is 2.41. The van der Waals surface area contributed by atoms with E-state index in [1.54, 1.807) is 14.2 Å². The Labute approximate surface area is 122 Å². The van der Waals surface area contributed by atoms with Crippen LogP contribution in [0.5, 0.6) is 11.5 Å². The summed E-state index contributed by atoms with van der Waals surface area (Å²) >= 11 is 0. The molecule has 0 atom stereocenters. The van der Waals surface area contributed by atoms with Gasteiger partial charge in [0.05, 0.1) is 13.7 Å². The summed E-state index contributed by atoms with van der Waals surface area (Å²) in [6.45, 7) is 8.56. The summed E-state index contributed by atoms with van der Waals surface area (Å²) in [7, 11) is 3.38. The zero-order valence-electron chi connectivity index (χ0n) is 13.3. The minimum Gasteiger partial charge on any atom is -0.497 e. The molecule has 0 bridgehead atoms. The van der Waals surface area contributed by atoms with E-state index >= 15 is 0 Å². The fourth-order valence-electron chi connectivity index (χ4n) is 1.71. The number of benzene rings is 1. The van der Waals surface area contributed by atoms with Crippen molar-refractivity contribution in [3.05, 3.63) is 23.8 Å². The summed E-state index contributed by atoms with van der Waals surface area (Å²) in [5, 5.41) is 3.47. The molecule has 1 N–H and O–H groups in total. The molecule has 0 fully saturated rings. The van der Waals surface area contributed by atoms with Crippen LogP contribution in [0.2, 0.25) is 0 Å². The lowest BCUT2D eigenvalue weighted by Crippen LogP contribution is -2.35. The molecular formula is C16H27NO3. The highest BCUT2D eigenvalue weighted by molar-refractivity contribution is 5.40. The molecule has 0 aliphatic heterocycles. The Hall–Kier alpha value is -1.26. The first-order chi connectivity index (χ1) is 9.46. The van der Waals surface area contributed by atoms with Crippen molar-refractivity contribution in [2.45, 2.75) is 39.3 Å². The summed E-state index contributed by atoms with van der Waals surface area (Å²) in [4.78, 5) is 0. The van der Waals surface area contributed by atoms with Crippen molar-refractivity contribution in [1.82, 2.24) is 5.32 Å². The Morgan fingerprint density at radius 1 is 1.10 bits per heavy atom. The maximum Gasteiger partial charge on any atom is 0.124 e. The maximum absolute atomic E-state index is 5.83.